The fraction of sp³-hybridized carbons (Fsp3) is 0.952. The average Bonchev–Trinajstić information content (AvgIpc) is 3.60. The summed E-state index contributed by atoms with van der Waals surface area (Å²) in [5.41, 5.74) is 0. The quantitative estimate of drug-likeness (QED) is 0.0380. The van der Waals surface area contributed by atoms with Crippen LogP contribution in [0, 0.1) is 0 Å². The molecule has 1 heterocycles. The van der Waals surface area contributed by atoms with Crippen molar-refractivity contribution in [3.8, 4) is 0 Å². The summed E-state index contributed by atoms with van der Waals surface area (Å²) in [5, 5.41) is 10.2. The van der Waals surface area contributed by atoms with Crippen LogP contribution in [-0.4, -0.2) is 63.0 Å². The first-order chi connectivity index (χ1) is 25.0. The average molecular weight is 725 g/mol. The highest BCUT2D eigenvalue weighted by Crippen LogP contribution is 2.16. The van der Waals surface area contributed by atoms with E-state index < -0.39 is 19.5 Å². The number of carbonyl (C=O) groups is 2. The van der Waals surface area contributed by atoms with Gasteiger partial charge in [-0.25, -0.2) is 0 Å². The number of aliphatic hydroxyl groups is 1. The second-order valence-corrected chi connectivity index (χ2v) is 15.1. The number of carbonyl (C=O) groups excluding carboxylic acids is 2. The molecular weight excluding hydrogens is 643 g/mol. The number of esters is 2. The molecule has 2 atom stereocenters. The van der Waals surface area contributed by atoms with Gasteiger partial charge in [-0.15, -0.1) is 0 Å². The third-order valence-corrected chi connectivity index (χ3v) is 9.98. The van der Waals surface area contributed by atoms with Gasteiger partial charge in [0.2, 0.25) is 0 Å². The van der Waals surface area contributed by atoms with E-state index in [9.17, 15) is 14.7 Å². The lowest BCUT2D eigenvalue weighted by molar-refractivity contribution is -0.148. The first-order valence-electron chi connectivity index (χ1n) is 21.9. The Morgan fingerprint density at radius 2 is 0.902 bits per heavy atom. The van der Waals surface area contributed by atoms with Gasteiger partial charge in [0.05, 0.1) is 13.2 Å². The van der Waals surface area contributed by atoms with Crippen LogP contribution in [0.2, 0.25) is 0 Å². The molecule has 51 heavy (non-hydrogen) atoms. The highest BCUT2D eigenvalue weighted by molar-refractivity contribution is 6.37. The smallest absolute Gasteiger partial charge is 0.463 e. The Labute approximate surface area is 314 Å². The van der Waals surface area contributed by atoms with Crippen LogP contribution in [0.25, 0.3) is 0 Å². The Kier molecular flexibility index (Phi) is 34.9. The summed E-state index contributed by atoms with van der Waals surface area (Å²) < 4.78 is 27.1. The molecular formula is C42H81BO8. The number of unbranched alkanes of at least 4 members (excludes halogenated alkanes) is 28. The number of ether oxygens (including phenoxy) is 2. The molecule has 1 N–H and O–H groups in total. The predicted molar refractivity (Wildman–Crippen MR) is 210 cm³/mol. The lowest BCUT2D eigenvalue weighted by Crippen LogP contribution is -2.30. The van der Waals surface area contributed by atoms with Gasteiger partial charge in [0.25, 0.3) is 0 Å². The predicted octanol–water partition coefficient (Wildman–Crippen LogP) is 11.4. The van der Waals surface area contributed by atoms with Gasteiger partial charge in [0, 0.05) is 12.8 Å². The molecule has 0 amide bonds. The molecule has 0 aromatic carbocycles. The molecule has 300 valence electrons. The van der Waals surface area contributed by atoms with E-state index in [-0.39, 0.29) is 38.4 Å². The number of aliphatic hydroxyl groups excluding tert-OH is 1. The fourth-order valence-corrected chi connectivity index (χ4v) is 6.63. The van der Waals surface area contributed by atoms with Crippen molar-refractivity contribution in [2.45, 2.75) is 232 Å². The SMILES string of the molecule is CCCCCCCCCCCCCCCCCC(=O)OCC(O)COB1OCC(COC(=O)CCCCCCCCCCCCCCCCC)O1. The van der Waals surface area contributed by atoms with E-state index in [0.717, 1.165) is 32.1 Å². The van der Waals surface area contributed by atoms with E-state index in [2.05, 4.69) is 13.8 Å². The van der Waals surface area contributed by atoms with E-state index in [0.29, 0.717) is 12.8 Å². The summed E-state index contributed by atoms with van der Waals surface area (Å²) in [5.74, 6) is -0.498. The van der Waals surface area contributed by atoms with Crippen LogP contribution in [0.15, 0.2) is 0 Å². The van der Waals surface area contributed by atoms with E-state index in [1.165, 1.54) is 161 Å². The minimum absolute atomic E-state index is 0.0807. The molecule has 1 rings (SSSR count). The normalized spacial score (nSPS) is 15.0. The third-order valence-electron chi connectivity index (χ3n) is 9.98. The Hall–Kier alpha value is -1.16. The molecule has 1 aliphatic heterocycles. The molecule has 0 bridgehead atoms. The van der Waals surface area contributed by atoms with E-state index in [1.54, 1.807) is 0 Å². The highest BCUT2D eigenvalue weighted by atomic mass is 16.8. The number of rotatable bonds is 39. The van der Waals surface area contributed by atoms with Crippen LogP contribution in [0.3, 0.4) is 0 Å². The van der Waals surface area contributed by atoms with Gasteiger partial charge in [-0.2, -0.15) is 0 Å². The lowest BCUT2D eigenvalue weighted by atomic mass is 10.0. The van der Waals surface area contributed by atoms with Crippen molar-refractivity contribution in [2.24, 2.45) is 0 Å². The Morgan fingerprint density at radius 3 is 1.29 bits per heavy atom. The molecule has 1 fully saturated rings. The molecule has 2 unspecified atom stereocenters. The standard InChI is InChI=1S/C42H81BO8/c1-3-5-7-9-11-13-15-17-19-21-23-25-27-29-31-33-41(45)47-35-39(44)36-49-43-50-38-40(51-43)37-48-42(46)34-32-30-28-26-24-22-20-18-16-14-12-10-8-6-4-2/h39-40,44H,3-38H2,1-2H3. The van der Waals surface area contributed by atoms with Gasteiger partial charge in [-0.05, 0) is 12.8 Å². The Balaban J connectivity index is 1.86. The lowest BCUT2D eigenvalue weighted by Gasteiger charge is -2.13. The van der Waals surface area contributed by atoms with Crippen LogP contribution >= 0.6 is 0 Å². The fourth-order valence-electron chi connectivity index (χ4n) is 6.63. The van der Waals surface area contributed by atoms with Crippen LogP contribution in [0.4, 0.5) is 0 Å². The summed E-state index contributed by atoms with van der Waals surface area (Å²) in [4.78, 5) is 24.2. The molecule has 0 spiro atoms. The summed E-state index contributed by atoms with van der Waals surface area (Å²) in [6, 6.07) is 0. The summed E-state index contributed by atoms with van der Waals surface area (Å²) in [7, 11) is -0.935. The number of hydrogen-bond donors (Lipinski definition) is 1. The van der Waals surface area contributed by atoms with Crippen molar-refractivity contribution in [1.29, 1.82) is 0 Å². The van der Waals surface area contributed by atoms with Gasteiger partial charge in [0.15, 0.2) is 0 Å². The molecule has 0 aromatic heterocycles. The molecule has 0 radical (unpaired) electrons. The van der Waals surface area contributed by atoms with E-state index in [4.69, 9.17) is 23.4 Å². The zero-order chi connectivity index (χ0) is 36.9. The summed E-state index contributed by atoms with van der Waals surface area (Å²) in [6.07, 6.45) is 38.1. The van der Waals surface area contributed by atoms with Crippen LogP contribution in [-0.2, 0) is 33.0 Å². The first-order valence-corrected chi connectivity index (χ1v) is 21.9. The minimum atomic E-state index is -0.964. The first kappa shape index (κ1) is 47.9. The highest BCUT2D eigenvalue weighted by Gasteiger charge is 2.35. The topological polar surface area (TPSA) is 101 Å². The van der Waals surface area contributed by atoms with Crippen molar-refractivity contribution < 1.29 is 38.1 Å². The van der Waals surface area contributed by atoms with Crippen LogP contribution < -0.4 is 0 Å². The van der Waals surface area contributed by atoms with Crippen LogP contribution in [0.1, 0.15) is 219 Å². The molecule has 0 aliphatic carbocycles. The van der Waals surface area contributed by atoms with Crippen molar-refractivity contribution in [3.05, 3.63) is 0 Å². The number of hydrogen-bond acceptors (Lipinski definition) is 8. The zero-order valence-corrected chi connectivity index (χ0v) is 33.5. The largest absolute Gasteiger partial charge is 0.640 e. The molecule has 9 heteroatoms. The second-order valence-electron chi connectivity index (χ2n) is 15.1. The molecule has 8 nitrogen and oxygen atoms in total. The molecule has 0 saturated carbocycles. The van der Waals surface area contributed by atoms with Gasteiger partial charge in [-0.1, -0.05) is 194 Å². The Bertz CT molecular complexity index is 769. The van der Waals surface area contributed by atoms with Crippen molar-refractivity contribution in [2.75, 3.05) is 26.4 Å². The summed E-state index contributed by atoms with van der Waals surface area (Å²) in [6.45, 7) is 4.71. The molecule has 1 aliphatic rings. The third kappa shape index (κ3) is 33.2. The van der Waals surface area contributed by atoms with E-state index in [1.807, 2.05) is 0 Å². The Morgan fingerprint density at radius 1 is 0.549 bits per heavy atom. The van der Waals surface area contributed by atoms with Gasteiger partial charge in [-0.3, -0.25) is 9.59 Å². The van der Waals surface area contributed by atoms with Crippen molar-refractivity contribution in [1.82, 2.24) is 0 Å². The zero-order valence-electron chi connectivity index (χ0n) is 33.5. The maximum atomic E-state index is 12.1. The monoisotopic (exact) mass is 725 g/mol. The van der Waals surface area contributed by atoms with Crippen molar-refractivity contribution >= 4 is 19.3 Å². The molecule has 1 saturated heterocycles. The maximum absolute atomic E-state index is 12.1. The minimum Gasteiger partial charge on any atom is -0.463 e. The maximum Gasteiger partial charge on any atom is 0.640 e. The van der Waals surface area contributed by atoms with Gasteiger partial charge < -0.3 is 28.5 Å². The second kappa shape index (κ2) is 37.2. The van der Waals surface area contributed by atoms with Crippen LogP contribution in [0.5, 0.6) is 0 Å². The van der Waals surface area contributed by atoms with Gasteiger partial charge in [0.1, 0.15) is 25.4 Å². The van der Waals surface area contributed by atoms with E-state index >= 15 is 0 Å². The van der Waals surface area contributed by atoms with Crippen molar-refractivity contribution in [3.63, 3.8) is 0 Å². The summed E-state index contributed by atoms with van der Waals surface area (Å²) >= 11 is 0. The van der Waals surface area contributed by atoms with Gasteiger partial charge >= 0.3 is 19.3 Å². The molecule has 0 aromatic rings.